The fourth-order valence-electron chi connectivity index (χ4n) is 3.83. The average Bonchev–Trinajstić information content (AvgIpc) is 3.40. The molecule has 1 aromatic heterocycles. The van der Waals surface area contributed by atoms with Crippen LogP contribution in [0.2, 0.25) is 0 Å². The Balaban J connectivity index is 1.35. The Hall–Kier alpha value is -2.08. The molecule has 2 aromatic rings. The number of amides is 2. The van der Waals surface area contributed by atoms with Crippen LogP contribution in [0.15, 0.2) is 22.6 Å². The van der Waals surface area contributed by atoms with Crippen LogP contribution in [-0.4, -0.2) is 48.8 Å². The third kappa shape index (κ3) is 3.56. The van der Waals surface area contributed by atoms with E-state index in [0.29, 0.717) is 12.5 Å². The molecule has 0 radical (unpaired) electrons. The molecule has 4 rings (SSSR count). The number of rotatable bonds is 5. The van der Waals surface area contributed by atoms with Crippen LogP contribution >= 0.6 is 0 Å². The molecule has 2 fully saturated rings. The van der Waals surface area contributed by atoms with E-state index >= 15 is 0 Å². The number of benzene rings is 1. The summed E-state index contributed by atoms with van der Waals surface area (Å²) in [5, 5.41) is 3.16. The lowest BCUT2D eigenvalue weighted by Crippen LogP contribution is -2.49. The molecular formula is C20H27N3O3. The molecule has 6 nitrogen and oxygen atoms in total. The molecule has 1 aliphatic heterocycles. The van der Waals surface area contributed by atoms with Gasteiger partial charge in [0.1, 0.15) is 5.52 Å². The molecule has 2 amide bonds. The molecule has 26 heavy (non-hydrogen) atoms. The first-order valence-electron chi connectivity index (χ1n) is 9.56. The van der Waals surface area contributed by atoms with Crippen LogP contribution in [-0.2, 0) is 4.74 Å². The van der Waals surface area contributed by atoms with E-state index < -0.39 is 0 Å². The highest BCUT2D eigenvalue weighted by Crippen LogP contribution is 2.33. The molecule has 1 aromatic carbocycles. The Bertz CT molecular complexity index is 776. The molecule has 1 atom stereocenters. The standard InChI is InChI=1S/C20H27N3O3/c1-13-4-3-5-16-18(13)26-19(21-16)15-8-10-23(11-9-15)20(24)22-17(12-25-2)14-6-7-14/h3-5,14-15,17H,6-12H2,1-2H3,(H,22,24). The fourth-order valence-corrected chi connectivity index (χ4v) is 3.83. The number of nitrogens with one attached hydrogen (secondary N) is 1. The highest BCUT2D eigenvalue weighted by molar-refractivity contribution is 5.76. The summed E-state index contributed by atoms with van der Waals surface area (Å²) < 4.78 is 11.3. The summed E-state index contributed by atoms with van der Waals surface area (Å²) in [5.74, 6) is 1.67. The van der Waals surface area contributed by atoms with E-state index in [0.717, 1.165) is 48.5 Å². The molecule has 1 saturated carbocycles. The third-order valence-corrected chi connectivity index (χ3v) is 5.61. The van der Waals surface area contributed by atoms with Crippen molar-refractivity contribution in [1.29, 1.82) is 0 Å². The SMILES string of the molecule is COCC(NC(=O)N1CCC(c2nc3cccc(C)c3o2)CC1)C1CC1. The lowest BCUT2D eigenvalue weighted by atomic mass is 9.97. The Labute approximate surface area is 153 Å². The smallest absolute Gasteiger partial charge is 0.317 e. The van der Waals surface area contributed by atoms with Crippen LogP contribution in [0.1, 0.15) is 43.1 Å². The van der Waals surface area contributed by atoms with Gasteiger partial charge in [-0.15, -0.1) is 0 Å². The predicted octanol–water partition coefficient (Wildman–Crippen LogP) is 3.45. The lowest BCUT2D eigenvalue weighted by molar-refractivity contribution is 0.141. The van der Waals surface area contributed by atoms with E-state index in [9.17, 15) is 4.79 Å². The topological polar surface area (TPSA) is 67.6 Å². The van der Waals surface area contributed by atoms with Crippen molar-refractivity contribution in [2.75, 3.05) is 26.8 Å². The van der Waals surface area contributed by atoms with Gasteiger partial charge >= 0.3 is 6.03 Å². The summed E-state index contributed by atoms with van der Waals surface area (Å²) in [7, 11) is 1.69. The quantitative estimate of drug-likeness (QED) is 0.890. The van der Waals surface area contributed by atoms with Gasteiger partial charge in [0.15, 0.2) is 11.5 Å². The molecule has 2 aliphatic rings. The molecule has 0 spiro atoms. The minimum Gasteiger partial charge on any atom is -0.440 e. The van der Waals surface area contributed by atoms with Crippen molar-refractivity contribution in [1.82, 2.24) is 15.2 Å². The van der Waals surface area contributed by atoms with Crippen molar-refractivity contribution in [3.8, 4) is 0 Å². The van der Waals surface area contributed by atoms with Crippen LogP contribution in [0.3, 0.4) is 0 Å². The van der Waals surface area contributed by atoms with Crippen LogP contribution in [0.25, 0.3) is 11.1 Å². The maximum absolute atomic E-state index is 12.6. The zero-order chi connectivity index (χ0) is 18.1. The highest BCUT2D eigenvalue weighted by atomic mass is 16.5. The summed E-state index contributed by atoms with van der Waals surface area (Å²) in [4.78, 5) is 19.1. The number of carbonyl (C=O) groups is 1. The number of piperidine rings is 1. The Morgan fingerprint density at radius 1 is 1.35 bits per heavy atom. The summed E-state index contributed by atoms with van der Waals surface area (Å²) >= 11 is 0. The molecule has 1 saturated heterocycles. The number of aryl methyl sites for hydroxylation is 1. The number of fused-ring (bicyclic) bond motifs is 1. The molecular weight excluding hydrogens is 330 g/mol. The molecule has 0 bridgehead atoms. The van der Waals surface area contributed by atoms with Crippen molar-refractivity contribution in [2.24, 2.45) is 5.92 Å². The van der Waals surface area contributed by atoms with Gasteiger partial charge in [-0.3, -0.25) is 0 Å². The van der Waals surface area contributed by atoms with Gasteiger partial charge in [0.2, 0.25) is 0 Å². The number of nitrogens with zero attached hydrogens (tertiary/aromatic N) is 2. The van der Waals surface area contributed by atoms with Gasteiger partial charge in [0.25, 0.3) is 0 Å². The molecule has 1 unspecified atom stereocenters. The maximum Gasteiger partial charge on any atom is 0.317 e. The molecule has 6 heteroatoms. The number of likely N-dealkylation sites (tertiary alicyclic amines) is 1. The number of ether oxygens (including phenoxy) is 1. The number of oxazole rings is 1. The molecule has 1 N–H and O–H groups in total. The van der Waals surface area contributed by atoms with Gasteiger partial charge < -0.3 is 19.4 Å². The molecule has 1 aliphatic carbocycles. The van der Waals surface area contributed by atoms with Crippen LogP contribution < -0.4 is 5.32 Å². The Kier molecular flexibility index (Phi) is 4.85. The largest absolute Gasteiger partial charge is 0.440 e. The van der Waals surface area contributed by atoms with Gasteiger partial charge in [0.05, 0.1) is 12.6 Å². The summed E-state index contributed by atoms with van der Waals surface area (Å²) in [6.07, 6.45) is 4.15. The second-order valence-corrected chi connectivity index (χ2v) is 7.59. The zero-order valence-electron chi connectivity index (χ0n) is 15.5. The van der Waals surface area contributed by atoms with Crippen molar-refractivity contribution in [3.63, 3.8) is 0 Å². The Morgan fingerprint density at radius 2 is 2.12 bits per heavy atom. The van der Waals surface area contributed by atoms with E-state index in [-0.39, 0.29) is 18.0 Å². The number of hydrogen-bond acceptors (Lipinski definition) is 4. The number of urea groups is 1. The summed E-state index contributed by atoms with van der Waals surface area (Å²) in [6, 6.07) is 6.22. The third-order valence-electron chi connectivity index (χ3n) is 5.61. The van der Waals surface area contributed by atoms with E-state index in [1.54, 1.807) is 7.11 Å². The zero-order valence-corrected chi connectivity index (χ0v) is 15.5. The fraction of sp³-hybridized carbons (Fsp3) is 0.600. The second-order valence-electron chi connectivity index (χ2n) is 7.59. The number of carbonyl (C=O) groups excluding carboxylic acids is 1. The first kappa shape index (κ1) is 17.3. The van der Waals surface area contributed by atoms with Gasteiger partial charge in [-0.1, -0.05) is 12.1 Å². The maximum atomic E-state index is 12.6. The monoisotopic (exact) mass is 357 g/mol. The number of aromatic nitrogens is 1. The van der Waals surface area contributed by atoms with E-state index in [4.69, 9.17) is 9.15 Å². The van der Waals surface area contributed by atoms with E-state index in [2.05, 4.69) is 10.3 Å². The van der Waals surface area contributed by atoms with Crippen molar-refractivity contribution in [2.45, 2.75) is 44.6 Å². The first-order chi connectivity index (χ1) is 12.7. The minimum absolute atomic E-state index is 0.0332. The van der Waals surface area contributed by atoms with Gasteiger partial charge in [-0.25, -0.2) is 9.78 Å². The summed E-state index contributed by atoms with van der Waals surface area (Å²) in [5.41, 5.74) is 2.92. The van der Waals surface area contributed by atoms with E-state index in [1.165, 1.54) is 12.8 Å². The molecule has 2 heterocycles. The lowest BCUT2D eigenvalue weighted by Gasteiger charge is -2.32. The summed E-state index contributed by atoms with van der Waals surface area (Å²) in [6.45, 7) is 4.10. The average molecular weight is 357 g/mol. The van der Waals surface area contributed by atoms with Gasteiger partial charge in [0, 0.05) is 26.1 Å². The first-order valence-corrected chi connectivity index (χ1v) is 9.56. The van der Waals surface area contributed by atoms with Gasteiger partial charge in [-0.2, -0.15) is 0 Å². The molecule has 140 valence electrons. The number of methoxy groups -OCH3 is 1. The normalized spacial score (nSPS) is 19.7. The number of para-hydroxylation sites is 1. The van der Waals surface area contributed by atoms with Crippen LogP contribution in [0.4, 0.5) is 4.79 Å². The van der Waals surface area contributed by atoms with Crippen LogP contribution in [0.5, 0.6) is 0 Å². The van der Waals surface area contributed by atoms with E-state index in [1.807, 2.05) is 30.0 Å². The van der Waals surface area contributed by atoms with Gasteiger partial charge in [-0.05, 0) is 50.2 Å². The minimum atomic E-state index is 0.0332. The van der Waals surface area contributed by atoms with Crippen molar-refractivity contribution < 1.29 is 13.9 Å². The Morgan fingerprint density at radius 3 is 2.77 bits per heavy atom. The predicted molar refractivity (Wildman–Crippen MR) is 99.2 cm³/mol. The highest BCUT2D eigenvalue weighted by Gasteiger charge is 2.34. The number of hydrogen-bond donors (Lipinski definition) is 1. The second kappa shape index (κ2) is 7.27. The van der Waals surface area contributed by atoms with Crippen molar-refractivity contribution in [3.05, 3.63) is 29.7 Å². The van der Waals surface area contributed by atoms with Crippen molar-refractivity contribution >= 4 is 17.1 Å². The van der Waals surface area contributed by atoms with Crippen LogP contribution in [0, 0.1) is 12.8 Å².